The highest BCUT2D eigenvalue weighted by molar-refractivity contribution is 5.70. The van der Waals surface area contributed by atoms with Gasteiger partial charge in [0.25, 0.3) is 0 Å². The van der Waals surface area contributed by atoms with Crippen LogP contribution in [0.2, 0.25) is 0 Å². The van der Waals surface area contributed by atoms with Crippen molar-refractivity contribution < 1.29 is 29.3 Å². The number of aliphatic hydroxyl groups excluding tert-OH is 1. The number of hydrogen-bond donors (Lipinski definition) is 3. The minimum atomic E-state index is -1.00. The molecule has 2 aromatic rings. The molecule has 3 unspecified atom stereocenters. The highest BCUT2D eigenvalue weighted by Gasteiger charge is 2.31. The molecule has 1 saturated carbocycles. The molecule has 0 bridgehead atoms. The third kappa shape index (κ3) is 10.4. The zero-order chi connectivity index (χ0) is 27.5. The van der Waals surface area contributed by atoms with Crippen LogP contribution in [0.1, 0.15) is 76.8 Å². The first-order chi connectivity index (χ1) is 18.1. The zero-order valence-corrected chi connectivity index (χ0v) is 22.9. The number of amides is 1. The highest BCUT2D eigenvalue weighted by atomic mass is 16.6. The average Bonchev–Trinajstić information content (AvgIpc) is 2.87. The predicted octanol–water partition coefficient (Wildman–Crippen LogP) is 6.12. The molecular weight excluding hydrogens is 482 g/mol. The Morgan fingerprint density at radius 1 is 0.974 bits per heavy atom. The second-order valence-corrected chi connectivity index (χ2v) is 11.5. The molecule has 0 saturated heterocycles. The second kappa shape index (κ2) is 14.2. The lowest BCUT2D eigenvalue weighted by atomic mass is 9.82. The molecule has 3 atom stereocenters. The van der Waals surface area contributed by atoms with Crippen molar-refractivity contribution in [1.29, 1.82) is 0 Å². The largest absolute Gasteiger partial charge is 0.489 e. The summed E-state index contributed by atoms with van der Waals surface area (Å²) in [6, 6.07) is 16.7. The first-order valence-corrected chi connectivity index (χ1v) is 13.7. The van der Waals surface area contributed by atoms with Crippen molar-refractivity contribution in [3.05, 3.63) is 65.7 Å². The third-order valence-electron chi connectivity index (χ3n) is 7.01. The molecule has 0 spiro atoms. The standard InChI is InChI=1S/C31H43NO6/c1-31(2,3)38-30(36)32-27(19-22-10-6-4-7-11-22)28(33)20-25(29(34)35)18-23-14-16-26(17-15-23)37-21-24-12-8-5-9-13-24/h5,8-9,12-17,22,25,27-28,33H,4,6-7,10-11,18-21H2,1-3H3,(H,32,36)(H,34,35). The number of nitrogens with one attached hydrogen (secondary N) is 1. The van der Waals surface area contributed by atoms with E-state index in [1.54, 1.807) is 20.8 Å². The van der Waals surface area contributed by atoms with Crippen LogP contribution in [0.4, 0.5) is 4.79 Å². The summed E-state index contributed by atoms with van der Waals surface area (Å²) in [5.74, 6) is -0.666. The fraction of sp³-hybridized carbons (Fsp3) is 0.548. The first kappa shape index (κ1) is 29.5. The number of carbonyl (C=O) groups excluding carboxylic acids is 1. The molecule has 7 nitrogen and oxygen atoms in total. The number of ether oxygens (including phenoxy) is 2. The lowest BCUT2D eigenvalue weighted by Crippen LogP contribution is -2.47. The summed E-state index contributed by atoms with van der Waals surface area (Å²) in [5.41, 5.74) is 1.25. The molecule has 0 heterocycles. The van der Waals surface area contributed by atoms with Crippen LogP contribution >= 0.6 is 0 Å². The van der Waals surface area contributed by atoms with E-state index < -0.39 is 35.7 Å². The Labute approximate surface area is 226 Å². The number of aliphatic hydroxyl groups is 1. The van der Waals surface area contributed by atoms with Crippen LogP contribution in [0.5, 0.6) is 5.75 Å². The minimum Gasteiger partial charge on any atom is -0.489 e. The summed E-state index contributed by atoms with van der Waals surface area (Å²) in [6.07, 6.45) is 4.93. The van der Waals surface area contributed by atoms with E-state index in [9.17, 15) is 19.8 Å². The second-order valence-electron chi connectivity index (χ2n) is 11.5. The van der Waals surface area contributed by atoms with Gasteiger partial charge in [-0.15, -0.1) is 0 Å². The van der Waals surface area contributed by atoms with Crippen molar-refractivity contribution in [3.63, 3.8) is 0 Å². The van der Waals surface area contributed by atoms with Crippen LogP contribution in [0.15, 0.2) is 54.6 Å². The van der Waals surface area contributed by atoms with Crippen molar-refractivity contribution in [3.8, 4) is 5.75 Å². The molecular formula is C31H43NO6. The van der Waals surface area contributed by atoms with Gasteiger partial charge in [-0.25, -0.2) is 4.79 Å². The fourth-order valence-electron chi connectivity index (χ4n) is 5.03. The van der Waals surface area contributed by atoms with Crippen LogP contribution in [-0.2, 0) is 22.6 Å². The van der Waals surface area contributed by atoms with Gasteiger partial charge in [-0.1, -0.05) is 74.6 Å². The number of carboxylic acid groups (broad SMARTS) is 1. The Hall–Kier alpha value is -3.06. The molecule has 1 aliphatic carbocycles. The number of benzene rings is 2. The topological polar surface area (TPSA) is 105 Å². The average molecular weight is 526 g/mol. The number of rotatable bonds is 12. The minimum absolute atomic E-state index is 0.0365. The third-order valence-corrected chi connectivity index (χ3v) is 7.01. The van der Waals surface area contributed by atoms with Crippen molar-refractivity contribution in [1.82, 2.24) is 5.32 Å². The summed E-state index contributed by atoms with van der Waals surface area (Å²) >= 11 is 0. The van der Waals surface area contributed by atoms with Crippen LogP contribution in [-0.4, -0.2) is 40.0 Å². The van der Waals surface area contributed by atoms with E-state index in [0.29, 0.717) is 24.7 Å². The number of carboxylic acids is 1. The summed E-state index contributed by atoms with van der Waals surface area (Å²) in [4.78, 5) is 24.7. The van der Waals surface area contributed by atoms with E-state index in [2.05, 4.69) is 5.32 Å². The van der Waals surface area contributed by atoms with Crippen LogP contribution in [0.3, 0.4) is 0 Å². The maximum absolute atomic E-state index is 12.5. The number of aliphatic carboxylic acids is 1. The van der Waals surface area contributed by atoms with Crippen LogP contribution in [0, 0.1) is 11.8 Å². The van der Waals surface area contributed by atoms with Crippen LogP contribution in [0.25, 0.3) is 0 Å². The van der Waals surface area contributed by atoms with Gasteiger partial charge in [-0.3, -0.25) is 4.79 Å². The summed E-state index contributed by atoms with van der Waals surface area (Å²) in [5, 5.41) is 23.9. The molecule has 0 radical (unpaired) electrons. The van der Waals surface area contributed by atoms with Crippen molar-refractivity contribution in [2.45, 2.75) is 96.5 Å². The van der Waals surface area contributed by atoms with Gasteiger partial charge in [0.05, 0.1) is 18.1 Å². The van der Waals surface area contributed by atoms with E-state index in [1.165, 1.54) is 6.42 Å². The van der Waals surface area contributed by atoms with Gasteiger partial charge in [-0.2, -0.15) is 0 Å². The zero-order valence-electron chi connectivity index (χ0n) is 22.9. The van der Waals surface area contributed by atoms with E-state index in [0.717, 1.165) is 36.8 Å². The quantitative estimate of drug-likeness (QED) is 0.308. The molecule has 0 aliphatic heterocycles. The lowest BCUT2D eigenvalue weighted by molar-refractivity contribution is -0.143. The summed E-state index contributed by atoms with van der Waals surface area (Å²) in [6.45, 7) is 5.82. The number of hydrogen-bond acceptors (Lipinski definition) is 5. The molecule has 1 aliphatic rings. The molecule has 3 N–H and O–H groups in total. The van der Waals surface area contributed by atoms with E-state index >= 15 is 0 Å². The Bertz CT molecular complexity index is 995. The lowest BCUT2D eigenvalue weighted by Gasteiger charge is -2.32. The Morgan fingerprint density at radius 3 is 2.24 bits per heavy atom. The van der Waals surface area contributed by atoms with E-state index in [4.69, 9.17) is 9.47 Å². The molecule has 2 aromatic carbocycles. The van der Waals surface area contributed by atoms with Crippen molar-refractivity contribution >= 4 is 12.1 Å². The first-order valence-electron chi connectivity index (χ1n) is 13.7. The van der Waals surface area contributed by atoms with Crippen molar-refractivity contribution in [2.24, 2.45) is 11.8 Å². The molecule has 1 fully saturated rings. The molecule has 38 heavy (non-hydrogen) atoms. The smallest absolute Gasteiger partial charge is 0.407 e. The van der Waals surface area contributed by atoms with Gasteiger partial charge in [0.2, 0.25) is 0 Å². The van der Waals surface area contributed by atoms with E-state index in [1.807, 2.05) is 54.6 Å². The molecule has 7 heteroatoms. The maximum atomic E-state index is 12.5. The van der Waals surface area contributed by atoms with Crippen LogP contribution < -0.4 is 10.1 Å². The molecule has 3 rings (SSSR count). The van der Waals surface area contributed by atoms with Gasteiger partial charge in [-0.05, 0) is 69.2 Å². The monoisotopic (exact) mass is 525 g/mol. The van der Waals surface area contributed by atoms with Gasteiger partial charge >= 0.3 is 12.1 Å². The number of alkyl carbamates (subject to hydrolysis) is 1. The predicted molar refractivity (Wildman–Crippen MR) is 147 cm³/mol. The normalized spacial score (nSPS) is 16.7. The van der Waals surface area contributed by atoms with Gasteiger partial charge in [0, 0.05) is 0 Å². The van der Waals surface area contributed by atoms with Gasteiger partial charge in [0.1, 0.15) is 18.0 Å². The molecule has 0 aromatic heterocycles. The number of carbonyl (C=O) groups is 2. The molecule has 208 valence electrons. The maximum Gasteiger partial charge on any atom is 0.407 e. The van der Waals surface area contributed by atoms with Crippen molar-refractivity contribution in [2.75, 3.05) is 0 Å². The van der Waals surface area contributed by atoms with E-state index in [-0.39, 0.29) is 12.8 Å². The fourth-order valence-corrected chi connectivity index (χ4v) is 5.03. The SMILES string of the molecule is CC(C)(C)OC(=O)NC(CC1CCCCC1)C(O)CC(Cc1ccc(OCc2ccccc2)cc1)C(=O)O. The molecule has 1 amide bonds. The Morgan fingerprint density at radius 2 is 1.63 bits per heavy atom. The summed E-state index contributed by atoms with van der Waals surface area (Å²) < 4.78 is 11.3. The Balaban J connectivity index is 1.61. The van der Waals surface area contributed by atoms with Gasteiger partial charge in [0.15, 0.2) is 0 Å². The summed E-state index contributed by atoms with van der Waals surface area (Å²) in [7, 11) is 0. The highest BCUT2D eigenvalue weighted by Crippen LogP contribution is 2.29. The Kier molecular flexibility index (Phi) is 11.0. The van der Waals surface area contributed by atoms with Gasteiger partial charge < -0.3 is 25.0 Å².